The topological polar surface area (TPSA) is 59.6 Å². The molecule has 1 unspecified atom stereocenters. The van der Waals surface area contributed by atoms with Gasteiger partial charge in [0.25, 0.3) is 0 Å². The first-order valence-electron chi connectivity index (χ1n) is 7.41. The molecule has 0 aromatic heterocycles. The van der Waals surface area contributed by atoms with Gasteiger partial charge < -0.3 is 20.1 Å². The number of amides is 1. The molecule has 0 radical (unpaired) electrons. The van der Waals surface area contributed by atoms with Crippen LogP contribution in [0.1, 0.15) is 12.5 Å². The summed E-state index contributed by atoms with van der Waals surface area (Å²) >= 11 is 5.73. The van der Waals surface area contributed by atoms with Crippen molar-refractivity contribution >= 4 is 23.2 Å². The van der Waals surface area contributed by atoms with Crippen molar-refractivity contribution in [2.24, 2.45) is 0 Å². The van der Waals surface area contributed by atoms with Gasteiger partial charge in [-0.25, -0.2) is 4.39 Å². The molecule has 5 nitrogen and oxygen atoms in total. The van der Waals surface area contributed by atoms with Crippen LogP contribution in [0.15, 0.2) is 36.4 Å². The number of nitrogens with one attached hydrogen (secondary N) is 2. The SMILES string of the molecule is CC(Nc1ccc(F)c(Cl)c1)C(=O)NCc1ccc2c(c1)OCO2. The highest BCUT2D eigenvalue weighted by atomic mass is 35.5. The summed E-state index contributed by atoms with van der Waals surface area (Å²) in [4.78, 5) is 12.2. The van der Waals surface area contributed by atoms with Gasteiger partial charge >= 0.3 is 0 Å². The standard InChI is InChI=1S/C17H16ClFN2O3/c1-10(21-12-3-4-14(19)13(18)7-12)17(22)20-8-11-2-5-15-16(6-11)24-9-23-15/h2-7,10,21H,8-9H2,1H3,(H,20,22). The van der Waals surface area contributed by atoms with Gasteiger partial charge in [0, 0.05) is 12.2 Å². The van der Waals surface area contributed by atoms with Crippen LogP contribution in [0, 0.1) is 5.82 Å². The van der Waals surface area contributed by atoms with Crippen LogP contribution < -0.4 is 20.1 Å². The van der Waals surface area contributed by atoms with Gasteiger partial charge in [-0.05, 0) is 42.8 Å². The van der Waals surface area contributed by atoms with Crippen molar-refractivity contribution in [2.45, 2.75) is 19.5 Å². The molecule has 24 heavy (non-hydrogen) atoms. The fraction of sp³-hybridized carbons (Fsp3) is 0.235. The number of fused-ring (bicyclic) bond motifs is 1. The molecule has 1 atom stereocenters. The third-order valence-corrected chi connectivity index (χ3v) is 3.89. The second kappa shape index (κ2) is 6.97. The zero-order valence-corrected chi connectivity index (χ0v) is 13.7. The number of carbonyl (C=O) groups excluding carboxylic acids is 1. The lowest BCUT2D eigenvalue weighted by Gasteiger charge is -2.15. The molecule has 0 saturated heterocycles. The molecule has 0 bridgehead atoms. The number of hydrogen-bond acceptors (Lipinski definition) is 4. The number of ether oxygens (including phenoxy) is 2. The van der Waals surface area contributed by atoms with Crippen molar-refractivity contribution in [3.8, 4) is 11.5 Å². The summed E-state index contributed by atoms with van der Waals surface area (Å²) in [5.41, 5.74) is 1.48. The van der Waals surface area contributed by atoms with Crippen molar-refractivity contribution in [1.29, 1.82) is 0 Å². The Hall–Kier alpha value is -2.47. The van der Waals surface area contributed by atoms with Gasteiger partial charge in [0.15, 0.2) is 11.5 Å². The Morgan fingerprint density at radius 2 is 2.04 bits per heavy atom. The maximum Gasteiger partial charge on any atom is 0.242 e. The van der Waals surface area contributed by atoms with Gasteiger partial charge in [-0.1, -0.05) is 17.7 Å². The van der Waals surface area contributed by atoms with Crippen molar-refractivity contribution in [2.75, 3.05) is 12.1 Å². The Morgan fingerprint density at radius 1 is 1.25 bits per heavy atom. The van der Waals surface area contributed by atoms with Gasteiger partial charge in [0.2, 0.25) is 12.7 Å². The smallest absolute Gasteiger partial charge is 0.242 e. The Bertz CT molecular complexity index is 769. The molecule has 2 aromatic carbocycles. The lowest BCUT2D eigenvalue weighted by molar-refractivity contribution is -0.121. The van der Waals surface area contributed by atoms with E-state index in [1.807, 2.05) is 18.2 Å². The highest BCUT2D eigenvalue weighted by Gasteiger charge is 2.15. The molecule has 1 heterocycles. The zero-order chi connectivity index (χ0) is 17.1. The molecular weight excluding hydrogens is 335 g/mol. The molecule has 2 aromatic rings. The quantitative estimate of drug-likeness (QED) is 0.868. The molecule has 0 saturated carbocycles. The van der Waals surface area contributed by atoms with Crippen molar-refractivity contribution in [3.05, 3.63) is 52.8 Å². The van der Waals surface area contributed by atoms with Gasteiger partial charge in [0.05, 0.1) is 5.02 Å². The van der Waals surface area contributed by atoms with Crippen LogP contribution in [0.25, 0.3) is 0 Å². The first-order chi connectivity index (χ1) is 11.5. The summed E-state index contributed by atoms with van der Waals surface area (Å²) in [6.07, 6.45) is 0. The third kappa shape index (κ3) is 3.71. The van der Waals surface area contributed by atoms with Crippen LogP contribution in [0.3, 0.4) is 0 Å². The van der Waals surface area contributed by atoms with E-state index >= 15 is 0 Å². The van der Waals surface area contributed by atoms with E-state index in [9.17, 15) is 9.18 Å². The summed E-state index contributed by atoms with van der Waals surface area (Å²) in [6.45, 7) is 2.30. The van der Waals surface area contributed by atoms with Crippen LogP contribution in [-0.4, -0.2) is 18.7 Å². The molecular formula is C17H16ClFN2O3. The largest absolute Gasteiger partial charge is 0.454 e. The van der Waals surface area contributed by atoms with Crippen LogP contribution in [0.2, 0.25) is 5.02 Å². The lowest BCUT2D eigenvalue weighted by atomic mass is 10.2. The van der Waals surface area contributed by atoms with Crippen molar-refractivity contribution < 1.29 is 18.7 Å². The third-order valence-electron chi connectivity index (χ3n) is 3.60. The average molecular weight is 351 g/mol. The number of rotatable bonds is 5. The van der Waals surface area contributed by atoms with E-state index in [4.69, 9.17) is 21.1 Å². The van der Waals surface area contributed by atoms with Crippen LogP contribution >= 0.6 is 11.6 Å². The Kier molecular flexibility index (Phi) is 4.76. The number of benzene rings is 2. The van der Waals surface area contributed by atoms with E-state index < -0.39 is 11.9 Å². The second-order valence-corrected chi connectivity index (χ2v) is 5.81. The normalized spacial score (nSPS) is 13.5. The van der Waals surface area contributed by atoms with E-state index in [0.717, 1.165) is 5.56 Å². The van der Waals surface area contributed by atoms with Crippen molar-refractivity contribution in [3.63, 3.8) is 0 Å². The Morgan fingerprint density at radius 3 is 2.83 bits per heavy atom. The minimum absolute atomic E-state index is 0.00738. The summed E-state index contributed by atoms with van der Waals surface area (Å²) in [5.74, 6) is 0.692. The fourth-order valence-corrected chi connectivity index (χ4v) is 2.48. The van der Waals surface area contributed by atoms with Gasteiger partial charge in [-0.15, -0.1) is 0 Å². The van der Waals surface area contributed by atoms with Gasteiger partial charge in [0.1, 0.15) is 11.9 Å². The average Bonchev–Trinajstić information content (AvgIpc) is 3.03. The Balaban J connectivity index is 1.55. The minimum Gasteiger partial charge on any atom is -0.454 e. The second-order valence-electron chi connectivity index (χ2n) is 5.40. The number of halogens is 2. The van der Waals surface area contributed by atoms with Crippen LogP contribution in [0.5, 0.6) is 11.5 Å². The van der Waals surface area contributed by atoms with E-state index in [0.29, 0.717) is 23.7 Å². The van der Waals surface area contributed by atoms with E-state index in [1.165, 1.54) is 18.2 Å². The van der Waals surface area contributed by atoms with Gasteiger partial charge in [-0.2, -0.15) is 0 Å². The predicted molar refractivity (Wildman–Crippen MR) is 88.9 cm³/mol. The van der Waals surface area contributed by atoms with E-state index in [1.54, 1.807) is 6.92 Å². The summed E-state index contributed by atoms with van der Waals surface area (Å²) < 4.78 is 23.7. The fourth-order valence-electron chi connectivity index (χ4n) is 2.29. The summed E-state index contributed by atoms with van der Waals surface area (Å²) in [7, 11) is 0. The number of anilines is 1. The van der Waals surface area contributed by atoms with E-state index in [2.05, 4.69) is 10.6 Å². The highest BCUT2D eigenvalue weighted by molar-refractivity contribution is 6.31. The molecule has 1 amide bonds. The molecule has 126 valence electrons. The molecule has 0 aliphatic carbocycles. The lowest BCUT2D eigenvalue weighted by Crippen LogP contribution is -2.37. The summed E-state index contributed by atoms with van der Waals surface area (Å²) in [6, 6.07) is 9.24. The monoisotopic (exact) mass is 350 g/mol. The van der Waals surface area contributed by atoms with Crippen molar-refractivity contribution in [1.82, 2.24) is 5.32 Å². The first kappa shape index (κ1) is 16.4. The molecule has 1 aliphatic rings. The number of carbonyl (C=O) groups is 1. The Labute approximate surface area is 143 Å². The van der Waals surface area contributed by atoms with Gasteiger partial charge in [-0.3, -0.25) is 4.79 Å². The zero-order valence-electron chi connectivity index (χ0n) is 12.9. The maximum atomic E-state index is 13.1. The number of hydrogen-bond donors (Lipinski definition) is 2. The molecule has 2 N–H and O–H groups in total. The molecule has 0 fully saturated rings. The first-order valence-corrected chi connectivity index (χ1v) is 7.78. The predicted octanol–water partition coefficient (Wildman–Crippen LogP) is 3.32. The highest BCUT2D eigenvalue weighted by Crippen LogP contribution is 2.32. The summed E-state index contributed by atoms with van der Waals surface area (Å²) in [5, 5.41) is 5.82. The molecule has 3 rings (SSSR count). The molecule has 1 aliphatic heterocycles. The maximum absolute atomic E-state index is 13.1. The van der Waals surface area contributed by atoms with E-state index in [-0.39, 0.29) is 17.7 Å². The molecule has 7 heteroatoms. The minimum atomic E-state index is -0.500. The van der Waals surface area contributed by atoms with Crippen LogP contribution in [0.4, 0.5) is 10.1 Å². The molecule has 0 spiro atoms. The van der Waals surface area contributed by atoms with Crippen LogP contribution in [-0.2, 0) is 11.3 Å².